The van der Waals surface area contributed by atoms with Gasteiger partial charge >= 0.3 is 5.76 Å². The average Bonchev–Trinajstić information content (AvgIpc) is 2.96. The molecule has 2 N–H and O–H groups in total. The zero-order valence-corrected chi connectivity index (χ0v) is 18.7. The van der Waals surface area contributed by atoms with E-state index in [1.54, 1.807) is 13.1 Å². The minimum absolute atomic E-state index is 0.276. The van der Waals surface area contributed by atoms with Crippen LogP contribution in [0.4, 0.5) is 0 Å². The van der Waals surface area contributed by atoms with Crippen LogP contribution in [0, 0.1) is 11.3 Å². The molecule has 3 aromatic rings. The van der Waals surface area contributed by atoms with Gasteiger partial charge in [-0.3, -0.25) is 4.57 Å². The van der Waals surface area contributed by atoms with Crippen molar-refractivity contribution in [3.8, 4) is 17.2 Å². The van der Waals surface area contributed by atoms with Gasteiger partial charge in [0.2, 0.25) is 10.0 Å². The summed E-state index contributed by atoms with van der Waals surface area (Å²) in [6.07, 6.45) is 3.66. The molecule has 2 unspecified atom stereocenters. The van der Waals surface area contributed by atoms with Gasteiger partial charge in [0.25, 0.3) is 0 Å². The van der Waals surface area contributed by atoms with Crippen LogP contribution in [-0.2, 0) is 23.5 Å². The van der Waals surface area contributed by atoms with E-state index in [-0.39, 0.29) is 6.42 Å². The van der Waals surface area contributed by atoms with E-state index in [1.807, 2.05) is 36.4 Å². The van der Waals surface area contributed by atoms with E-state index in [9.17, 15) is 18.5 Å². The molecule has 2 atom stereocenters. The Balaban J connectivity index is 1.47. The summed E-state index contributed by atoms with van der Waals surface area (Å²) in [7, 11) is -1.97. The van der Waals surface area contributed by atoms with Crippen LogP contribution in [-0.4, -0.2) is 30.9 Å². The van der Waals surface area contributed by atoms with Gasteiger partial charge in [-0.1, -0.05) is 43.2 Å². The number of nitriles is 1. The number of benzene rings is 2. The van der Waals surface area contributed by atoms with Crippen molar-refractivity contribution in [3.05, 3.63) is 58.6 Å². The Kier molecular flexibility index (Phi) is 6.46. The number of nitrogens with zero attached hydrogens (tertiary/aromatic N) is 2. The number of fused-ring (bicyclic) bond motifs is 1. The number of hydrogen-bond acceptors (Lipinski definition) is 6. The zero-order valence-electron chi connectivity index (χ0n) is 17.9. The molecule has 0 bridgehead atoms. The van der Waals surface area contributed by atoms with Crippen molar-refractivity contribution >= 4 is 21.1 Å². The minimum atomic E-state index is -3.63. The lowest BCUT2D eigenvalue weighted by molar-refractivity contribution is 0.525. The van der Waals surface area contributed by atoms with Crippen LogP contribution in [0.5, 0.6) is 0 Å². The van der Waals surface area contributed by atoms with Crippen LogP contribution in [0.3, 0.4) is 0 Å². The summed E-state index contributed by atoms with van der Waals surface area (Å²) >= 11 is 0. The Bertz CT molecular complexity index is 1290. The number of nitrogens with one attached hydrogen (secondary N) is 2. The highest BCUT2D eigenvalue weighted by atomic mass is 32.2. The van der Waals surface area contributed by atoms with Gasteiger partial charge in [-0.15, -0.1) is 0 Å². The highest BCUT2D eigenvalue weighted by Crippen LogP contribution is 2.24. The predicted octanol–water partition coefficient (Wildman–Crippen LogP) is 2.64. The van der Waals surface area contributed by atoms with Gasteiger partial charge < -0.3 is 9.73 Å². The Morgan fingerprint density at radius 3 is 2.69 bits per heavy atom. The molecule has 0 saturated carbocycles. The smallest absolute Gasteiger partial charge is 0.408 e. The fraction of sp³-hybridized carbons (Fsp3) is 0.391. The molecule has 0 radical (unpaired) electrons. The number of hydrogen-bond donors (Lipinski definition) is 2. The van der Waals surface area contributed by atoms with E-state index < -0.39 is 27.2 Å². The summed E-state index contributed by atoms with van der Waals surface area (Å²) in [4.78, 5) is 11.7. The maximum atomic E-state index is 12.7. The fourth-order valence-corrected chi connectivity index (χ4v) is 5.54. The van der Waals surface area contributed by atoms with Gasteiger partial charge in [0, 0.05) is 13.5 Å². The third kappa shape index (κ3) is 4.78. The summed E-state index contributed by atoms with van der Waals surface area (Å²) < 4.78 is 34.6. The number of sulfonamides is 1. The fourth-order valence-electron chi connectivity index (χ4n) is 4.03. The van der Waals surface area contributed by atoms with Crippen LogP contribution < -0.4 is 15.8 Å². The topological polar surface area (TPSA) is 117 Å². The molecule has 9 heteroatoms. The first kappa shape index (κ1) is 22.3. The van der Waals surface area contributed by atoms with Crippen molar-refractivity contribution < 1.29 is 12.8 Å². The Morgan fingerprint density at radius 2 is 1.94 bits per heavy atom. The molecule has 1 fully saturated rings. The van der Waals surface area contributed by atoms with Crippen molar-refractivity contribution in [2.75, 3.05) is 6.54 Å². The molecule has 0 amide bonds. The average molecular weight is 455 g/mol. The van der Waals surface area contributed by atoms with Gasteiger partial charge in [-0.25, -0.2) is 13.2 Å². The van der Waals surface area contributed by atoms with Crippen molar-refractivity contribution in [1.29, 1.82) is 5.26 Å². The monoisotopic (exact) mass is 454 g/mol. The molecular formula is C23H26N4O4S. The predicted molar refractivity (Wildman–Crippen MR) is 122 cm³/mol. The summed E-state index contributed by atoms with van der Waals surface area (Å²) in [5, 5.41) is 11.9. The number of oxazole rings is 1. The quantitative estimate of drug-likeness (QED) is 0.591. The SMILES string of the molecule is Cn1c(=O)oc2ccc(-c3ccc(CC(C#N)NS(=O)(=O)C4CCCCCN4)cc3)cc21. The third-order valence-corrected chi connectivity index (χ3v) is 7.64. The lowest BCUT2D eigenvalue weighted by atomic mass is 10.0. The summed E-state index contributed by atoms with van der Waals surface area (Å²) in [5.41, 5.74) is 3.97. The summed E-state index contributed by atoms with van der Waals surface area (Å²) in [5.74, 6) is -0.406. The first-order chi connectivity index (χ1) is 15.4. The highest BCUT2D eigenvalue weighted by molar-refractivity contribution is 7.90. The molecule has 1 saturated heterocycles. The lowest BCUT2D eigenvalue weighted by Gasteiger charge is -2.19. The van der Waals surface area contributed by atoms with Crippen LogP contribution in [0.15, 0.2) is 51.7 Å². The van der Waals surface area contributed by atoms with E-state index >= 15 is 0 Å². The van der Waals surface area contributed by atoms with Crippen LogP contribution in [0.1, 0.15) is 31.2 Å². The maximum absolute atomic E-state index is 12.7. The molecule has 168 valence electrons. The molecule has 32 heavy (non-hydrogen) atoms. The number of rotatable bonds is 6. The normalized spacial score (nSPS) is 18.2. The van der Waals surface area contributed by atoms with Crippen LogP contribution >= 0.6 is 0 Å². The van der Waals surface area contributed by atoms with Gasteiger partial charge in [0.1, 0.15) is 11.4 Å². The lowest BCUT2D eigenvalue weighted by Crippen LogP contribution is -2.47. The van der Waals surface area contributed by atoms with Gasteiger partial charge in [-0.2, -0.15) is 9.98 Å². The summed E-state index contributed by atoms with van der Waals surface area (Å²) in [6, 6.07) is 14.4. The summed E-state index contributed by atoms with van der Waals surface area (Å²) in [6.45, 7) is 0.670. The first-order valence-corrected chi connectivity index (χ1v) is 12.2. The highest BCUT2D eigenvalue weighted by Gasteiger charge is 2.28. The molecule has 2 aromatic carbocycles. The largest absolute Gasteiger partial charge is 0.419 e. The van der Waals surface area contributed by atoms with Crippen molar-refractivity contribution in [2.24, 2.45) is 7.05 Å². The molecule has 0 aliphatic carbocycles. The molecule has 1 aliphatic heterocycles. The molecule has 1 aromatic heterocycles. The molecule has 8 nitrogen and oxygen atoms in total. The first-order valence-electron chi connectivity index (χ1n) is 10.7. The van der Waals surface area contributed by atoms with Gasteiger partial charge in [0.05, 0.1) is 11.6 Å². The van der Waals surface area contributed by atoms with E-state index in [0.29, 0.717) is 24.1 Å². The van der Waals surface area contributed by atoms with E-state index in [2.05, 4.69) is 16.1 Å². The molecular weight excluding hydrogens is 428 g/mol. The van der Waals surface area contributed by atoms with Crippen LogP contribution in [0.25, 0.3) is 22.2 Å². The maximum Gasteiger partial charge on any atom is 0.419 e. The zero-order chi connectivity index (χ0) is 22.7. The molecule has 0 spiro atoms. The van der Waals surface area contributed by atoms with E-state index in [4.69, 9.17) is 4.42 Å². The molecule has 1 aliphatic rings. The number of aryl methyl sites for hydroxylation is 1. The Morgan fingerprint density at radius 1 is 1.19 bits per heavy atom. The van der Waals surface area contributed by atoms with Gasteiger partial charge in [-0.05, 0) is 48.2 Å². The van der Waals surface area contributed by atoms with Crippen LogP contribution in [0.2, 0.25) is 0 Å². The molecule has 2 heterocycles. The number of aromatic nitrogens is 1. The van der Waals surface area contributed by atoms with E-state index in [1.165, 1.54) is 4.57 Å². The Labute approximate surface area is 186 Å². The van der Waals surface area contributed by atoms with Gasteiger partial charge in [0.15, 0.2) is 5.58 Å². The van der Waals surface area contributed by atoms with Crippen molar-refractivity contribution in [1.82, 2.24) is 14.6 Å². The molecule has 4 rings (SSSR count). The van der Waals surface area contributed by atoms with Crippen molar-refractivity contribution in [2.45, 2.75) is 43.5 Å². The second-order valence-corrected chi connectivity index (χ2v) is 10.0. The minimum Gasteiger partial charge on any atom is -0.408 e. The Hall–Kier alpha value is -2.93. The standard InChI is InChI=1S/C23H26N4O4S/c1-27-20-14-18(10-11-21(20)31-23(27)28)17-8-6-16(7-9-17)13-19(15-24)26-32(29,30)22-5-3-2-4-12-25-22/h6-11,14,19,22,25-26H,2-5,12-13H2,1H3. The second kappa shape index (κ2) is 9.28. The van der Waals surface area contributed by atoms with Crippen molar-refractivity contribution in [3.63, 3.8) is 0 Å². The second-order valence-electron chi connectivity index (χ2n) is 8.15. The third-order valence-electron chi connectivity index (χ3n) is 5.87. The van der Waals surface area contributed by atoms with E-state index in [0.717, 1.165) is 36.0 Å².